The molecule has 1 heterocycles. The molecule has 22 heavy (non-hydrogen) atoms. The van der Waals surface area contributed by atoms with Crippen LogP contribution in [0.25, 0.3) is 0 Å². The topological polar surface area (TPSA) is 78.9 Å². The number of hydrogen-bond acceptors (Lipinski definition) is 5. The van der Waals surface area contributed by atoms with Crippen LogP contribution in [0, 0.1) is 0 Å². The lowest BCUT2D eigenvalue weighted by atomic mass is 10.2. The van der Waals surface area contributed by atoms with Crippen molar-refractivity contribution in [3.05, 3.63) is 29.8 Å². The van der Waals surface area contributed by atoms with Gasteiger partial charge < -0.3 is 15.0 Å². The van der Waals surface area contributed by atoms with Crippen LogP contribution in [-0.2, 0) is 21.3 Å². The van der Waals surface area contributed by atoms with E-state index < -0.39 is 16.1 Å². The van der Waals surface area contributed by atoms with Gasteiger partial charge in [-0.3, -0.25) is 0 Å². The van der Waals surface area contributed by atoms with E-state index in [0.717, 1.165) is 18.7 Å². The van der Waals surface area contributed by atoms with E-state index in [1.54, 1.807) is 24.3 Å². The summed E-state index contributed by atoms with van der Waals surface area (Å²) in [6, 6.07) is 6.53. The van der Waals surface area contributed by atoms with Crippen LogP contribution in [0.5, 0.6) is 0 Å². The molecule has 1 aliphatic rings. The standard InChI is InChI=1S/C14H21N3O4S/c1-16-7-9-17(10-8-16)22(19,20)13-5-3-12(4-6-13)11-15-14(18)21-2/h3-6H,7-11H2,1-2H3,(H,15,18). The van der Waals surface area contributed by atoms with E-state index in [-0.39, 0.29) is 4.90 Å². The third kappa shape index (κ3) is 3.96. The molecule has 1 aliphatic heterocycles. The predicted octanol–water partition coefficient (Wildman–Crippen LogP) is 0.479. The summed E-state index contributed by atoms with van der Waals surface area (Å²) in [5.74, 6) is 0. The largest absolute Gasteiger partial charge is 0.453 e. The maximum atomic E-state index is 12.5. The summed E-state index contributed by atoms with van der Waals surface area (Å²) in [6.45, 7) is 2.77. The summed E-state index contributed by atoms with van der Waals surface area (Å²) in [6.07, 6.45) is -0.519. The SMILES string of the molecule is COC(=O)NCc1ccc(S(=O)(=O)N2CCN(C)CC2)cc1. The summed E-state index contributed by atoms with van der Waals surface area (Å²) < 4.78 is 31.1. The van der Waals surface area contributed by atoms with Gasteiger partial charge in [-0.05, 0) is 24.7 Å². The summed E-state index contributed by atoms with van der Waals surface area (Å²) in [7, 11) is -0.172. The highest BCUT2D eigenvalue weighted by molar-refractivity contribution is 7.89. The Balaban J connectivity index is 2.04. The smallest absolute Gasteiger partial charge is 0.407 e. The lowest BCUT2D eigenvalue weighted by Crippen LogP contribution is -2.47. The van der Waals surface area contributed by atoms with Gasteiger partial charge in [0.15, 0.2) is 0 Å². The molecule has 0 atom stereocenters. The molecule has 0 spiro atoms. The number of piperazine rings is 1. The van der Waals surface area contributed by atoms with Gasteiger partial charge in [0.25, 0.3) is 0 Å². The van der Waals surface area contributed by atoms with Crippen LogP contribution < -0.4 is 5.32 Å². The molecule has 0 radical (unpaired) electrons. The fourth-order valence-electron chi connectivity index (χ4n) is 2.20. The molecule has 1 N–H and O–H groups in total. The van der Waals surface area contributed by atoms with Crippen molar-refractivity contribution in [2.75, 3.05) is 40.3 Å². The zero-order valence-electron chi connectivity index (χ0n) is 12.8. The van der Waals surface area contributed by atoms with Gasteiger partial charge in [0.1, 0.15) is 0 Å². The molecule has 2 rings (SSSR count). The van der Waals surface area contributed by atoms with Gasteiger partial charge in [0.05, 0.1) is 12.0 Å². The normalized spacial score (nSPS) is 17.2. The van der Waals surface area contributed by atoms with Gasteiger partial charge in [0.2, 0.25) is 10.0 Å². The number of likely N-dealkylation sites (N-methyl/N-ethyl adjacent to an activating group) is 1. The average Bonchev–Trinajstić information content (AvgIpc) is 2.53. The Bertz CT molecular complexity index is 607. The number of alkyl carbamates (subject to hydrolysis) is 1. The van der Waals surface area contributed by atoms with Gasteiger partial charge >= 0.3 is 6.09 Å². The molecule has 1 saturated heterocycles. The highest BCUT2D eigenvalue weighted by Crippen LogP contribution is 2.18. The summed E-state index contributed by atoms with van der Waals surface area (Å²) >= 11 is 0. The van der Waals surface area contributed by atoms with Crippen molar-refractivity contribution < 1.29 is 17.9 Å². The zero-order valence-corrected chi connectivity index (χ0v) is 13.6. The summed E-state index contributed by atoms with van der Waals surface area (Å²) in [5, 5.41) is 2.55. The van der Waals surface area contributed by atoms with Gasteiger partial charge in [-0.2, -0.15) is 4.31 Å². The Morgan fingerprint density at radius 1 is 1.18 bits per heavy atom. The minimum atomic E-state index is -3.44. The van der Waals surface area contributed by atoms with Crippen molar-refractivity contribution in [1.82, 2.24) is 14.5 Å². The minimum Gasteiger partial charge on any atom is -0.453 e. The van der Waals surface area contributed by atoms with E-state index >= 15 is 0 Å². The number of carbonyl (C=O) groups is 1. The second kappa shape index (κ2) is 7.08. The van der Waals surface area contributed by atoms with Crippen molar-refractivity contribution in [1.29, 1.82) is 0 Å². The number of nitrogens with zero attached hydrogens (tertiary/aromatic N) is 2. The number of amides is 1. The maximum absolute atomic E-state index is 12.5. The van der Waals surface area contributed by atoms with Crippen LogP contribution in [0.4, 0.5) is 4.79 Å². The Morgan fingerprint density at radius 3 is 2.32 bits per heavy atom. The van der Waals surface area contributed by atoms with E-state index in [1.807, 2.05) is 7.05 Å². The second-order valence-corrected chi connectivity index (χ2v) is 7.13. The molecule has 1 amide bonds. The van der Waals surface area contributed by atoms with Gasteiger partial charge in [-0.15, -0.1) is 0 Å². The summed E-state index contributed by atoms with van der Waals surface area (Å²) in [5.41, 5.74) is 0.808. The van der Waals surface area contributed by atoms with E-state index in [1.165, 1.54) is 11.4 Å². The van der Waals surface area contributed by atoms with Crippen LogP contribution in [0.3, 0.4) is 0 Å². The van der Waals surface area contributed by atoms with Crippen molar-refractivity contribution in [2.24, 2.45) is 0 Å². The first kappa shape index (κ1) is 16.7. The van der Waals surface area contributed by atoms with Crippen molar-refractivity contribution in [3.8, 4) is 0 Å². The lowest BCUT2D eigenvalue weighted by molar-refractivity contribution is 0.170. The van der Waals surface area contributed by atoms with Crippen molar-refractivity contribution >= 4 is 16.1 Å². The molecule has 1 aromatic rings. The van der Waals surface area contributed by atoms with Crippen LogP contribution in [-0.4, -0.2) is 64.1 Å². The maximum Gasteiger partial charge on any atom is 0.407 e. The first-order valence-corrected chi connectivity index (χ1v) is 8.47. The molecule has 122 valence electrons. The molecular weight excluding hydrogens is 306 g/mol. The first-order valence-electron chi connectivity index (χ1n) is 7.03. The molecule has 0 bridgehead atoms. The third-order valence-electron chi connectivity index (χ3n) is 3.65. The van der Waals surface area contributed by atoms with Crippen LogP contribution in [0.1, 0.15) is 5.56 Å². The van der Waals surface area contributed by atoms with Crippen molar-refractivity contribution in [2.45, 2.75) is 11.4 Å². The number of ether oxygens (including phenoxy) is 1. The molecule has 0 unspecified atom stereocenters. The van der Waals surface area contributed by atoms with Gasteiger partial charge in [-0.25, -0.2) is 13.2 Å². The van der Waals surface area contributed by atoms with Gasteiger partial charge in [-0.1, -0.05) is 12.1 Å². The highest BCUT2D eigenvalue weighted by Gasteiger charge is 2.27. The number of benzene rings is 1. The molecule has 0 saturated carbocycles. The molecule has 0 aliphatic carbocycles. The minimum absolute atomic E-state index is 0.277. The fraction of sp³-hybridized carbons (Fsp3) is 0.500. The van der Waals surface area contributed by atoms with Gasteiger partial charge in [0, 0.05) is 32.7 Å². The van der Waals surface area contributed by atoms with Crippen LogP contribution >= 0.6 is 0 Å². The molecule has 7 nitrogen and oxygen atoms in total. The van der Waals surface area contributed by atoms with Crippen LogP contribution in [0.2, 0.25) is 0 Å². The van der Waals surface area contributed by atoms with E-state index in [4.69, 9.17) is 0 Å². The highest BCUT2D eigenvalue weighted by atomic mass is 32.2. The molecular formula is C14H21N3O4S. The van der Waals surface area contributed by atoms with Crippen molar-refractivity contribution in [3.63, 3.8) is 0 Å². The average molecular weight is 327 g/mol. The fourth-order valence-corrected chi connectivity index (χ4v) is 3.63. The van der Waals surface area contributed by atoms with E-state index in [2.05, 4.69) is 15.0 Å². The Hall–Kier alpha value is -1.64. The second-order valence-electron chi connectivity index (χ2n) is 5.20. The monoisotopic (exact) mass is 327 g/mol. The molecule has 1 fully saturated rings. The zero-order chi connectivity index (χ0) is 16.2. The van der Waals surface area contributed by atoms with E-state index in [0.29, 0.717) is 19.6 Å². The Morgan fingerprint density at radius 2 is 1.77 bits per heavy atom. The molecule has 0 aromatic heterocycles. The molecule has 8 heteroatoms. The number of rotatable bonds is 4. The quantitative estimate of drug-likeness (QED) is 0.870. The number of carbonyl (C=O) groups excluding carboxylic acids is 1. The number of nitrogens with one attached hydrogen (secondary N) is 1. The number of sulfonamides is 1. The summed E-state index contributed by atoms with van der Waals surface area (Å²) in [4.78, 5) is 13.4. The van der Waals surface area contributed by atoms with E-state index in [9.17, 15) is 13.2 Å². The number of hydrogen-bond donors (Lipinski definition) is 1. The first-order chi connectivity index (χ1) is 10.4. The molecule has 1 aromatic carbocycles. The third-order valence-corrected chi connectivity index (χ3v) is 5.56. The number of methoxy groups -OCH3 is 1. The predicted molar refractivity (Wildman–Crippen MR) is 81.9 cm³/mol. The Labute approximate surface area is 130 Å². The lowest BCUT2D eigenvalue weighted by Gasteiger charge is -2.31. The Kier molecular flexibility index (Phi) is 5.38. The van der Waals surface area contributed by atoms with Crippen LogP contribution in [0.15, 0.2) is 29.2 Å².